The summed E-state index contributed by atoms with van der Waals surface area (Å²) in [5, 5.41) is 8.80. The molecule has 188 valence electrons. The molecule has 6 rings (SSSR count). The molecule has 10 nitrogen and oxygen atoms in total. The van der Waals surface area contributed by atoms with Crippen LogP contribution in [0, 0.1) is 0 Å². The maximum absolute atomic E-state index is 12.1. The molecule has 1 N–H and O–H groups in total. The number of hydrogen-bond acceptors (Lipinski definition) is 8. The van der Waals surface area contributed by atoms with Crippen molar-refractivity contribution in [2.75, 3.05) is 36.4 Å². The van der Waals surface area contributed by atoms with Gasteiger partial charge in [0.1, 0.15) is 12.1 Å². The van der Waals surface area contributed by atoms with Gasteiger partial charge in [-0.1, -0.05) is 18.7 Å². The van der Waals surface area contributed by atoms with Gasteiger partial charge in [-0.05, 0) is 30.5 Å². The van der Waals surface area contributed by atoms with Gasteiger partial charge in [0, 0.05) is 74.6 Å². The lowest BCUT2D eigenvalue weighted by molar-refractivity contribution is -0.125. The van der Waals surface area contributed by atoms with Crippen LogP contribution >= 0.6 is 0 Å². The first-order valence-electron chi connectivity index (χ1n) is 12.6. The smallest absolute Gasteiger partial charge is 0.245 e. The van der Waals surface area contributed by atoms with Crippen molar-refractivity contribution in [3.05, 3.63) is 67.0 Å². The van der Waals surface area contributed by atoms with Crippen LogP contribution in [0.15, 0.2) is 55.8 Å². The van der Waals surface area contributed by atoms with Crippen molar-refractivity contribution < 1.29 is 4.79 Å². The van der Waals surface area contributed by atoms with E-state index in [4.69, 9.17) is 4.98 Å². The van der Waals surface area contributed by atoms with Gasteiger partial charge in [-0.2, -0.15) is 5.10 Å². The first kappa shape index (κ1) is 23.1. The number of nitrogens with one attached hydrogen (secondary N) is 1. The zero-order valence-electron chi connectivity index (χ0n) is 20.8. The number of hydrogen-bond donors (Lipinski definition) is 1. The highest BCUT2D eigenvalue weighted by Crippen LogP contribution is 2.28. The molecule has 2 aliphatic rings. The molecule has 5 heterocycles. The molecule has 0 bridgehead atoms. The Morgan fingerprint density at radius 2 is 2.00 bits per heavy atom. The number of rotatable bonds is 5. The molecule has 10 heteroatoms. The fourth-order valence-electron chi connectivity index (χ4n) is 5.23. The van der Waals surface area contributed by atoms with Gasteiger partial charge in [-0.3, -0.25) is 9.48 Å². The molecular weight excluding hydrogens is 466 g/mol. The van der Waals surface area contributed by atoms with Crippen molar-refractivity contribution in [2.45, 2.75) is 25.3 Å². The Morgan fingerprint density at radius 3 is 2.84 bits per heavy atom. The summed E-state index contributed by atoms with van der Waals surface area (Å²) in [5.41, 5.74) is 5.21. The van der Waals surface area contributed by atoms with E-state index in [0.717, 1.165) is 71.5 Å². The minimum Gasteiger partial charge on any atom is -0.354 e. The number of aromatic nitrogens is 6. The molecule has 1 amide bonds. The van der Waals surface area contributed by atoms with Gasteiger partial charge in [0.2, 0.25) is 11.9 Å². The summed E-state index contributed by atoms with van der Waals surface area (Å²) in [4.78, 5) is 34.8. The third-order valence-electron chi connectivity index (χ3n) is 7.19. The van der Waals surface area contributed by atoms with Crippen molar-refractivity contribution in [3.63, 3.8) is 0 Å². The average Bonchev–Trinajstić information content (AvgIpc) is 3.51. The summed E-state index contributed by atoms with van der Waals surface area (Å²) >= 11 is 0. The average molecular weight is 496 g/mol. The number of carbonyl (C=O) groups excluding carboxylic acids is 1. The maximum atomic E-state index is 12.1. The molecule has 4 aromatic rings. The molecule has 2 aliphatic heterocycles. The lowest BCUT2D eigenvalue weighted by Gasteiger charge is -2.22. The molecule has 0 radical (unpaired) electrons. The van der Waals surface area contributed by atoms with Crippen LogP contribution in [0.1, 0.15) is 17.7 Å². The van der Waals surface area contributed by atoms with Crippen LogP contribution in [-0.2, 0) is 24.7 Å². The van der Waals surface area contributed by atoms with Crippen LogP contribution in [0.4, 0.5) is 11.8 Å². The predicted octanol–water partition coefficient (Wildman–Crippen LogP) is 2.62. The second-order valence-corrected chi connectivity index (χ2v) is 9.60. The van der Waals surface area contributed by atoms with E-state index < -0.39 is 0 Å². The number of benzene rings is 1. The van der Waals surface area contributed by atoms with Crippen LogP contribution in [0.5, 0.6) is 0 Å². The van der Waals surface area contributed by atoms with E-state index in [-0.39, 0.29) is 11.9 Å². The van der Waals surface area contributed by atoms with Crippen LogP contribution < -0.4 is 10.2 Å². The number of fused-ring (bicyclic) bond motifs is 2. The minimum atomic E-state index is -0.0318. The molecule has 3 aromatic heterocycles. The van der Waals surface area contributed by atoms with Crippen LogP contribution in [-0.4, -0.2) is 72.7 Å². The third-order valence-corrected chi connectivity index (χ3v) is 7.19. The molecule has 0 spiro atoms. The van der Waals surface area contributed by atoms with Gasteiger partial charge in [0.25, 0.3) is 0 Å². The van der Waals surface area contributed by atoms with Crippen molar-refractivity contribution in [1.29, 1.82) is 0 Å². The molecule has 1 aromatic carbocycles. The van der Waals surface area contributed by atoms with Crippen LogP contribution in [0.2, 0.25) is 0 Å². The summed E-state index contributed by atoms with van der Waals surface area (Å²) in [5.74, 6) is 1.57. The first-order chi connectivity index (χ1) is 18.1. The van der Waals surface area contributed by atoms with E-state index in [2.05, 4.69) is 49.0 Å². The van der Waals surface area contributed by atoms with Crippen molar-refractivity contribution in [3.8, 4) is 11.1 Å². The molecule has 1 fully saturated rings. The van der Waals surface area contributed by atoms with Gasteiger partial charge >= 0.3 is 0 Å². The van der Waals surface area contributed by atoms with E-state index >= 15 is 0 Å². The summed E-state index contributed by atoms with van der Waals surface area (Å²) in [6, 6.07) is 6.40. The van der Waals surface area contributed by atoms with Crippen molar-refractivity contribution in [2.24, 2.45) is 7.05 Å². The Morgan fingerprint density at radius 1 is 1.11 bits per heavy atom. The number of amides is 1. The second kappa shape index (κ2) is 9.61. The van der Waals surface area contributed by atoms with E-state index in [1.54, 1.807) is 11.0 Å². The topological polar surface area (TPSA) is 105 Å². The normalized spacial score (nSPS) is 17.5. The van der Waals surface area contributed by atoms with Crippen LogP contribution in [0.25, 0.3) is 22.0 Å². The standard InChI is InChI=1S/C27H29N9O/c1-3-25(37)35-10-7-22-23(8-11-35)29-17-30-26(22)36-9-6-21(16-36)32-27-28-13-19-5-4-18(12-24(19)33-27)20-14-31-34(2)15-20/h3-5,12-15,17,21H,1,6-11,16H2,2H3,(H,28,32,33)/t21-/m1/s1. The molecule has 1 atom stereocenters. The molecule has 0 saturated carbocycles. The van der Waals surface area contributed by atoms with E-state index in [0.29, 0.717) is 19.0 Å². The van der Waals surface area contributed by atoms with Gasteiger partial charge < -0.3 is 15.1 Å². The fraction of sp³-hybridized carbons (Fsp3) is 0.333. The highest BCUT2D eigenvalue weighted by atomic mass is 16.2. The van der Waals surface area contributed by atoms with Gasteiger partial charge in [0.15, 0.2) is 0 Å². The minimum absolute atomic E-state index is 0.0318. The number of anilines is 2. The van der Waals surface area contributed by atoms with Crippen molar-refractivity contribution >= 4 is 28.6 Å². The molecular formula is C27H29N9O. The quantitative estimate of drug-likeness (QED) is 0.422. The summed E-state index contributed by atoms with van der Waals surface area (Å²) in [6.07, 6.45) is 11.2. The second-order valence-electron chi connectivity index (χ2n) is 9.60. The summed E-state index contributed by atoms with van der Waals surface area (Å²) < 4.78 is 1.80. The van der Waals surface area contributed by atoms with E-state index in [1.165, 1.54) is 6.08 Å². The molecule has 0 aliphatic carbocycles. The Hall–Kier alpha value is -4.34. The Labute approximate surface area is 215 Å². The van der Waals surface area contributed by atoms with Crippen molar-refractivity contribution in [1.82, 2.24) is 34.6 Å². The highest BCUT2D eigenvalue weighted by molar-refractivity contribution is 5.87. The van der Waals surface area contributed by atoms with Crippen LogP contribution in [0.3, 0.4) is 0 Å². The number of aryl methyl sites for hydroxylation is 1. The summed E-state index contributed by atoms with van der Waals surface area (Å²) in [7, 11) is 1.91. The number of carbonyl (C=O) groups is 1. The number of nitrogens with zero attached hydrogens (tertiary/aromatic N) is 8. The Balaban J connectivity index is 1.17. The van der Waals surface area contributed by atoms with E-state index in [1.807, 2.05) is 36.6 Å². The largest absolute Gasteiger partial charge is 0.354 e. The van der Waals surface area contributed by atoms with Gasteiger partial charge in [-0.15, -0.1) is 0 Å². The molecule has 1 saturated heterocycles. The maximum Gasteiger partial charge on any atom is 0.245 e. The van der Waals surface area contributed by atoms with Gasteiger partial charge in [-0.25, -0.2) is 19.9 Å². The lowest BCUT2D eigenvalue weighted by atomic mass is 10.1. The van der Waals surface area contributed by atoms with Gasteiger partial charge in [0.05, 0.1) is 17.4 Å². The Bertz CT molecular complexity index is 1480. The monoisotopic (exact) mass is 495 g/mol. The Kier molecular flexibility index (Phi) is 5.99. The highest BCUT2D eigenvalue weighted by Gasteiger charge is 2.28. The fourth-order valence-corrected chi connectivity index (χ4v) is 5.23. The summed E-state index contributed by atoms with van der Waals surface area (Å²) in [6.45, 7) is 6.62. The lowest BCUT2D eigenvalue weighted by Crippen LogP contribution is -2.31. The molecule has 0 unspecified atom stereocenters. The van der Waals surface area contributed by atoms with E-state index in [9.17, 15) is 4.79 Å². The molecule has 37 heavy (non-hydrogen) atoms. The zero-order chi connectivity index (χ0) is 25.4. The predicted molar refractivity (Wildman–Crippen MR) is 142 cm³/mol. The zero-order valence-corrected chi connectivity index (χ0v) is 20.8. The first-order valence-corrected chi connectivity index (χ1v) is 12.6. The SMILES string of the molecule is C=CC(=O)N1CCc2ncnc(N3CC[C@@H](Nc4ncc5ccc(-c6cnn(C)c6)cc5n4)C3)c2CC1. The third kappa shape index (κ3) is 4.62.